The van der Waals surface area contributed by atoms with Crippen molar-refractivity contribution in [3.8, 4) is 17.4 Å². The van der Waals surface area contributed by atoms with Gasteiger partial charge in [0.15, 0.2) is 0 Å². The van der Waals surface area contributed by atoms with Crippen molar-refractivity contribution < 1.29 is 14.3 Å². The lowest BCUT2D eigenvalue weighted by Gasteiger charge is -2.27. The molecule has 0 radical (unpaired) electrons. The Labute approximate surface area is 159 Å². The van der Waals surface area contributed by atoms with E-state index in [0.29, 0.717) is 35.8 Å². The molecule has 0 saturated heterocycles. The first kappa shape index (κ1) is 17.8. The number of nitrogens with one attached hydrogen (secondary N) is 1. The van der Waals surface area contributed by atoms with Gasteiger partial charge in [0.1, 0.15) is 11.5 Å². The number of amides is 1. The molecule has 1 heterocycles. The van der Waals surface area contributed by atoms with Crippen molar-refractivity contribution in [3.63, 3.8) is 0 Å². The molecule has 6 nitrogen and oxygen atoms in total. The minimum atomic E-state index is -0.0665. The number of nitrogens with zero attached hydrogens (tertiary/aromatic N) is 1. The summed E-state index contributed by atoms with van der Waals surface area (Å²) < 4.78 is 11.1. The van der Waals surface area contributed by atoms with E-state index in [1.807, 2.05) is 30.3 Å². The molecular formula is C21H25N3O3. The molecule has 142 valence electrons. The summed E-state index contributed by atoms with van der Waals surface area (Å²) in [7, 11) is 1.61. The van der Waals surface area contributed by atoms with E-state index in [9.17, 15) is 4.79 Å². The zero-order valence-corrected chi connectivity index (χ0v) is 15.4. The van der Waals surface area contributed by atoms with Crippen LogP contribution >= 0.6 is 0 Å². The second-order valence-corrected chi connectivity index (χ2v) is 7.40. The summed E-state index contributed by atoms with van der Waals surface area (Å²) in [6.07, 6.45) is 5.05. The first-order valence-corrected chi connectivity index (χ1v) is 9.45. The summed E-state index contributed by atoms with van der Waals surface area (Å²) in [5, 5.41) is 3.04. The van der Waals surface area contributed by atoms with Gasteiger partial charge in [-0.3, -0.25) is 4.79 Å². The minimum absolute atomic E-state index is 0.00912. The first-order valence-electron chi connectivity index (χ1n) is 9.45. The Bertz CT molecular complexity index is 824. The SMILES string of the molecule is COc1cccc(Oc2ncccc2CNC(=O)C2C3CCC(C3)C2N)c1. The molecule has 2 aromatic rings. The van der Waals surface area contributed by atoms with Gasteiger partial charge in [-0.1, -0.05) is 12.1 Å². The molecule has 1 amide bonds. The maximum Gasteiger partial charge on any atom is 0.225 e. The number of hydrogen-bond donors (Lipinski definition) is 2. The van der Waals surface area contributed by atoms with Crippen LogP contribution in [-0.2, 0) is 11.3 Å². The minimum Gasteiger partial charge on any atom is -0.497 e. The second-order valence-electron chi connectivity index (χ2n) is 7.40. The van der Waals surface area contributed by atoms with Crippen LogP contribution in [0.4, 0.5) is 0 Å². The number of pyridine rings is 1. The lowest BCUT2D eigenvalue weighted by molar-refractivity contribution is -0.127. The van der Waals surface area contributed by atoms with Gasteiger partial charge in [-0.2, -0.15) is 0 Å². The van der Waals surface area contributed by atoms with Crippen molar-refractivity contribution in [1.82, 2.24) is 10.3 Å². The van der Waals surface area contributed by atoms with Crippen LogP contribution in [0.5, 0.6) is 17.4 Å². The Balaban J connectivity index is 1.43. The Hall–Kier alpha value is -2.60. The third-order valence-electron chi connectivity index (χ3n) is 5.84. The van der Waals surface area contributed by atoms with E-state index in [1.54, 1.807) is 19.4 Å². The van der Waals surface area contributed by atoms with E-state index in [4.69, 9.17) is 15.2 Å². The number of ether oxygens (including phenoxy) is 2. The van der Waals surface area contributed by atoms with Crippen molar-refractivity contribution in [2.24, 2.45) is 23.5 Å². The fourth-order valence-corrected chi connectivity index (χ4v) is 4.45. The van der Waals surface area contributed by atoms with Gasteiger partial charge in [0.2, 0.25) is 11.8 Å². The Kier molecular flexibility index (Phi) is 4.99. The molecule has 0 spiro atoms. The lowest BCUT2D eigenvalue weighted by Crippen LogP contribution is -2.45. The highest BCUT2D eigenvalue weighted by Crippen LogP contribution is 2.47. The van der Waals surface area contributed by atoms with Crippen molar-refractivity contribution in [2.75, 3.05) is 7.11 Å². The topological polar surface area (TPSA) is 86.5 Å². The summed E-state index contributed by atoms with van der Waals surface area (Å²) >= 11 is 0. The van der Waals surface area contributed by atoms with Gasteiger partial charge >= 0.3 is 0 Å². The highest BCUT2D eigenvalue weighted by atomic mass is 16.5. The van der Waals surface area contributed by atoms with Gasteiger partial charge in [0, 0.05) is 30.4 Å². The van der Waals surface area contributed by atoms with Crippen molar-refractivity contribution in [1.29, 1.82) is 0 Å². The van der Waals surface area contributed by atoms with Crippen LogP contribution in [0.25, 0.3) is 0 Å². The van der Waals surface area contributed by atoms with E-state index in [2.05, 4.69) is 10.3 Å². The van der Waals surface area contributed by atoms with Crippen molar-refractivity contribution in [3.05, 3.63) is 48.2 Å². The van der Waals surface area contributed by atoms with Crippen LogP contribution in [-0.4, -0.2) is 24.0 Å². The molecule has 27 heavy (non-hydrogen) atoms. The Morgan fingerprint density at radius 1 is 1.22 bits per heavy atom. The quantitative estimate of drug-likeness (QED) is 0.820. The number of hydrogen-bond acceptors (Lipinski definition) is 5. The van der Waals surface area contributed by atoms with E-state index >= 15 is 0 Å². The normalized spacial score (nSPS) is 26.0. The number of benzene rings is 1. The number of methoxy groups -OCH3 is 1. The molecule has 2 aliphatic carbocycles. The zero-order chi connectivity index (χ0) is 18.8. The van der Waals surface area contributed by atoms with Gasteiger partial charge in [-0.15, -0.1) is 0 Å². The summed E-state index contributed by atoms with van der Waals surface area (Å²) in [5.74, 6) is 2.75. The summed E-state index contributed by atoms with van der Waals surface area (Å²) in [4.78, 5) is 17.0. The molecule has 4 unspecified atom stereocenters. The largest absolute Gasteiger partial charge is 0.497 e. The summed E-state index contributed by atoms with van der Waals surface area (Å²) in [6, 6.07) is 11.1. The lowest BCUT2D eigenvalue weighted by atomic mass is 9.84. The van der Waals surface area contributed by atoms with Crippen LogP contribution in [0.2, 0.25) is 0 Å². The molecule has 6 heteroatoms. The number of carbonyl (C=O) groups excluding carboxylic acids is 1. The molecule has 1 aromatic carbocycles. The molecule has 2 fully saturated rings. The maximum atomic E-state index is 12.7. The maximum absolute atomic E-state index is 12.7. The molecule has 1 aromatic heterocycles. The highest BCUT2D eigenvalue weighted by Gasteiger charge is 2.48. The third kappa shape index (κ3) is 3.62. The number of aromatic nitrogens is 1. The fourth-order valence-electron chi connectivity index (χ4n) is 4.45. The summed E-state index contributed by atoms with van der Waals surface area (Å²) in [6.45, 7) is 0.368. The second kappa shape index (κ2) is 7.56. The van der Waals surface area contributed by atoms with Gasteiger partial charge in [-0.05, 0) is 49.3 Å². The van der Waals surface area contributed by atoms with Gasteiger partial charge < -0.3 is 20.5 Å². The predicted octanol–water partition coefficient (Wildman–Crippen LogP) is 2.87. The molecule has 3 N–H and O–H groups in total. The summed E-state index contributed by atoms with van der Waals surface area (Å²) in [5.41, 5.74) is 7.11. The highest BCUT2D eigenvalue weighted by molar-refractivity contribution is 5.80. The first-order chi connectivity index (χ1) is 13.2. The third-order valence-corrected chi connectivity index (χ3v) is 5.84. The van der Waals surface area contributed by atoms with Crippen LogP contribution < -0.4 is 20.5 Å². The van der Waals surface area contributed by atoms with E-state index < -0.39 is 0 Å². The van der Waals surface area contributed by atoms with Crippen molar-refractivity contribution >= 4 is 5.91 Å². The van der Waals surface area contributed by atoms with Crippen LogP contribution in [0, 0.1) is 17.8 Å². The molecule has 4 rings (SSSR count). The van der Waals surface area contributed by atoms with Crippen molar-refractivity contribution in [2.45, 2.75) is 31.8 Å². The average Bonchev–Trinajstić information content (AvgIpc) is 3.28. The molecule has 2 aliphatic rings. The monoisotopic (exact) mass is 367 g/mol. The molecule has 4 atom stereocenters. The zero-order valence-electron chi connectivity index (χ0n) is 15.4. The molecule has 0 aliphatic heterocycles. The predicted molar refractivity (Wildman–Crippen MR) is 101 cm³/mol. The number of fused-ring (bicyclic) bond motifs is 2. The number of nitrogens with two attached hydrogens (primary N) is 1. The average molecular weight is 367 g/mol. The molecule has 2 saturated carbocycles. The van der Waals surface area contributed by atoms with Crippen LogP contribution in [0.3, 0.4) is 0 Å². The van der Waals surface area contributed by atoms with Gasteiger partial charge in [0.25, 0.3) is 0 Å². The molecule has 2 bridgehead atoms. The van der Waals surface area contributed by atoms with Gasteiger partial charge in [-0.25, -0.2) is 4.98 Å². The van der Waals surface area contributed by atoms with Crippen LogP contribution in [0.1, 0.15) is 24.8 Å². The molecular weight excluding hydrogens is 342 g/mol. The van der Waals surface area contributed by atoms with E-state index in [1.165, 1.54) is 0 Å². The van der Waals surface area contributed by atoms with E-state index in [0.717, 1.165) is 24.8 Å². The Morgan fingerprint density at radius 2 is 2.04 bits per heavy atom. The number of rotatable bonds is 6. The van der Waals surface area contributed by atoms with Gasteiger partial charge in [0.05, 0.1) is 13.0 Å². The van der Waals surface area contributed by atoms with E-state index in [-0.39, 0.29) is 17.9 Å². The Morgan fingerprint density at radius 3 is 2.81 bits per heavy atom. The smallest absolute Gasteiger partial charge is 0.225 e. The standard InChI is InChI=1S/C21H25N3O3/c1-26-16-5-2-6-17(11-16)27-21-15(4-3-9-23-21)12-24-20(25)18-13-7-8-14(10-13)19(18)22/h2-6,9,11,13-14,18-19H,7-8,10,12,22H2,1H3,(H,24,25). The van der Waals surface area contributed by atoms with Crippen LogP contribution in [0.15, 0.2) is 42.6 Å². The fraction of sp³-hybridized carbons (Fsp3) is 0.429. The number of carbonyl (C=O) groups is 1.